The maximum absolute atomic E-state index is 11.1. The van der Waals surface area contributed by atoms with E-state index in [9.17, 15) is 4.79 Å². The Balaban J connectivity index is 2.28. The maximum Gasteiger partial charge on any atom is 0.339 e. The number of aromatic nitrogens is 4. The highest BCUT2D eigenvalue weighted by atomic mass is 16.4. The minimum Gasteiger partial charge on any atom is -0.478 e. The molecule has 0 saturated heterocycles. The minimum absolute atomic E-state index is 0.118. The molecule has 3 aromatic heterocycles. The molecular formula is C12H8N4O2. The standard InChI is InChI=1S/C12H8N4O2/c17-12(18)8-4-3-7-16-10(8)14-15-11(16)9-5-1-2-6-13-9/h1-7H,(H,17,18). The average Bonchev–Trinajstić information content (AvgIpc) is 2.83. The molecule has 0 amide bonds. The SMILES string of the molecule is O=C(O)c1cccn2c(-c3ccccn3)nnc12. The fourth-order valence-corrected chi connectivity index (χ4v) is 1.75. The van der Waals surface area contributed by atoms with E-state index in [1.54, 1.807) is 35.0 Å². The summed E-state index contributed by atoms with van der Waals surface area (Å²) in [4.78, 5) is 15.2. The van der Waals surface area contributed by atoms with E-state index in [0.717, 1.165) is 0 Å². The van der Waals surface area contributed by atoms with Gasteiger partial charge in [0.05, 0.1) is 0 Å². The average molecular weight is 240 g/mol. The first-order chi connectivity index (χ1) is 8.77. The van der Waals surface area contributed by atoms with Gasteiger partial charge in [0.15, 0.2) is 11.5 Å². The summed E-state index contributed by atoms with van der Waals surface area (Å²) in [6.07, 6.45) is 3.36. The highest BCUT2D eigenvalue weighted by Gasteiger charge is 2.14. The summed E-state index contributed by atoms with van der Waals surface area (Å²) in [7, 11) is 0. The van der Waals surface area contributed by atoms with Crippen molar-refractivity contribution in [3.63, 3.8) is 0 Å². The fourth-order valence-electron chi connectivity index (χ4n) is 1.75. The lowest BCUT2D eigenvalue weighted by atomic mass is 10.2. The molecule has 0 aromatic carbocycles. The van der Waals surface area contributed by atoms with Crippen molar-refractivity contribution < 1.29 is 9.90 Å². The molecule has 18 heavy (non-hydrogen) atoms. The molecule has 3 rings (SSSR count). The van der Waals surface area contributed by atoms with Crippen LogP contribution in [0, 0.1) is 0 Å². The van der Waals surface area contributed by atoms with Gasteiger partial charge in [-0.05, 0) is 24.3 Å². The third-order valence-electron chi connectivity index (χ3n) is 2.56. The lowest BCUT2D eigenvalue weighted by Crippen LogP contribution is -2.00. The zero-order valence-corrected chi connectivity index (χ0v) is 9.19. The summed E-state index contributed by atoms with van der Waals surface area (Å²) in [5.74, 6) is -0.505. The van der Waals surface area contributed by atoms with Crippen LogP contribution in [-0.4, -0.2) is 30.7 Å². The molecule has 3 heterocycles. The molecule has 0 aliphatic rings. The zero-order valence-electron chi connectivity index (χ0n) is 9.19. The third-order valence-corrected chi connectivity index (χ3v) is 2.56. The molecular weight excluding hydrogens is 232 g/mol. The van der Waals surface area contributed by atoms with Gasteiger partial charge < -0.3 is 5.11 Å². The third kappa shape index (κ3) is 1.51. The number of nitrogens with zero attached hydrogens (tertiary/aromatic N) is 4. The Hall–Kier alpha value is -2.76. The van der Waals surface area contributed by atoms with Crippen LogP contribution < -0.4 is 0 Å². The highest BCUT2D eigenvalue weighted by Crippen LogP contribution is 2.17. The van der Waals surface area contributed by atoms with Crippen molar-refractivity contribution in [3.05, 3.63) is 48.3 Å². The van der Waals surface area contributed by atoms with Gasteiger partial charge in [0.25, 0.3) is 0 Å². The minimum atomic E-state index is -1.03. The van der Waals surface area contributed by atoms with Crippen molar-refractivity contribution in [2.45, 2.75) is 0 Å². The van der Waals surface area contributed by atoms with Crippen LogP contribution in [0.3, 0.4) is 0 Å². The number of pyridine rings is 2. The fraction of sp³-hybridized carbons (Fsp3) is 0. The molecule has 0 unspecified atom stereocenters. The lowest BCUT2D eigenvalue weighted by Gasteiger charge is -2.00. The van der Waals surface area contributed by atoms with E-state index in [1.807, 2.05) is 6.07 Å². The topological polar surface area (TPSA) is 80.4 Å². The Morgan fingerprint density at radius 2 is 2.06 bits per heavy atom. The number of carbonyl (C=O) groups is 1. The number of fused-ring (bicyclic) bond motifs is 1. The van der Waals surface area contributed by atoms with Crippen LogP contribution in [0.1, 0.15) is 10.4 Å². The first-order valence-corrected chi connectivity index (χ1v) is 5.26. The summed E-state index contributed by atoms with van der Waals surface area (Å²) >= 11 is 0. The van der Waals surface area contributed by atoms with Gasteiger partial charge >= 0.3 is 5.97 Å². The predicted molar refractivity (Wildman–Crippen MR) is 63.2 cm³/mol. The summed E-state index contributed by atoms with van der Waals surface area (Å²) < 4.78 is 1.62. The first kappa shape index (κ1) is 10.4. The van der Waals surface area contributed by atoms with Crippen LogP contribution in [-0.2, 0) is 0 Å². The molecule has 0 fully saturated rings. The number of carboxylic acids is 1. The number of hydrogen-bond acceptors (Lipinski definition) is 4. The number of rotatable bonds is 2. The summed E-state index contributed by atoms with van der Waals surface area (Å²) in [5, 5.41) is 17.0. The second-order valence-electron chi connectivity index (χ2n) is 3.66. The maximum atomic E-state index is 11.1. The van der Waals surface area contributed by atoms with E-state index in [2.05, 4.69) is 15.2 Å². The van der Waals surface area contributed by atoms with E-state index < -0.39 is 5.97 Å². The second-order valence-corrected chi connectivity index (χ2v) is 3.66. The monoisotopic (exact) mass is 240 g/mol. The molecule has 0 radical (unpaired) electrons. The summed E-state index contributed by atoms with van der Waals surface area (Å²) in [6.45, 7) is 0. The smallest absolute Gasteiger partial charge is 0.339 e. The second kappa shape index (κ2) is 3.92. The van der Waals surface area contributed by atoms with E-state index in [0.29, 0.717) is 17.2 Å². The van der Waals surface area contributed by atoms with Crippen molar-refractivity contribution in [1.82, 2.24) is 19.6 Å². The molecule has 1 N–H and O–H groups in total. The van der Waals surface area contributed by atoms with E-state index in [1.165, 1.54) is 6.07 Å². The lowest BCUT2D eigenvalue weighted by molar-refractivity contribution is 0.0698. The van der Waals surface area contributed by atoms with Gasteiger partial charge in [0.1, 0.15) is 11.3 Å². The van der Waals surface area contributed by atoms with Crippen LogP contribution in [0.2, 0.25) is 0 Å². The molecule has 0 aliphatic carbocycles. The Labute approximate surface area is 102 Å². The molecule has 6 nitrogen and oxygen atoms in total. The van der Waals surface area contributed by atoms with Crippen molar-refractivity contribution in [2.75, 3.05) is 0 Å². The molecule has 0 bridgehead atoms. The number of hydrogen-bond donors (Lipinski definition) is 1. The first-order valence-electron chi connectivity index (χ1n) is 5.26. The van der Waals surface area contributed by atoms with Crippen LogP contribution in [0.25, 0.3) is 17.2 Å². The van der Waals surface area contributed by atoms with Gasteiger partial charge in [0.2, 0.25) is 0 Å². The van der Waals surface area contributed by atoms with Crippen LogP contribution in [0.5, 0.6) is 0 Å². The molecule has 3 aromatic rings. The normalized spacial score (nSPS) is 10.7. The number of carboxylic acid groups (broad SMARTS) is 1. The van der Waals surface area contributed by atoms with Gasteiger partial charge in [-0.25, -0.2) is 4.79 Å². The van der Waals surface area contributed by atoms with Crippen molar-refractivity contribution in [1.29, 1.82) is 0 Å². The molecule has 88 valence electrons. The van der Waals surface area contributed by atoms with Gasteiger partial charge in [-0.1, -0.05) is 6.07 Å². The largest absolute Gasteiger partial charge is 0.478 e. The zero-order chi connectivity index (χ0) is 12.5. The van der Waals surface area contributed by atoms with Crippen molar-refractivity contribution in [3.8, 4) is 11.5 Å². The molecule has 6 heteroatoms. The Bertz CT molecular complexity index is 721. The highest BCUT2D eigenvalue weighted by molar-refractivity contribution is 5.94. The van der Waals surface area contributed by atoms with Gasteiger partial charge in [-0.3, -0.25) is 9.38 Å². The van der Waals surface area contributed by atoms with E-state index in [-0.39, 0.29) is 5.56 Å². The quantitative estimate of drug-likeness (QED) is 0.734. The Morgan fingerprint density at radius 3 is 2.78 bits per heavy atom. The van der Waals surface area contributed by atoms with Crippen LogP contribution in [0.4, 0.5) is 0 Å². The van der Waals surface area contributed by atoms with Gasteiger partial charge in [-0.2, -0.15) is 0 Å². The predicted octanol–water partition coefficient (Wildman–Crippen LogP) is 1.49. The van der Waals surface area contributed by atoms with Crippen LogP contribution in [0.15, 0.2) is 42.7 Å². The van der Waals surface area contributed by atoms with Crippen LogP contribution >= 0.6 is 0 Å². The van der Waals surface area contributed by atoms with Crippen molar-refractivity contribution >= 4 is 11.6 Å². The molecule has 0 aliphatic heterocycles. The Kier molecular flexibility index (Phi) is 2.26. The molecule has 0 saturated carbocycles. The molecule has 0 spiro atoms. The summed E-state index contributed by atoms with van der Waals surface area (Å²) in [6, 6.07) is 8.57. The van der Waals surface area contributed by atoms with Gasteiger partial charge in [0, 0.05) is 12.4 Å². The number of aromatic carboxylic acids is 1. The van der Waals surface area contributed by atoms with E-state index >= 15 is 0 Å². The van der Waals surface area contributed by atoms with Gasteiger partial charge in [-0.15, -0.1) is 10.2 Å². The van der Waals surface area contributed by atoms with E-state index in [4.69, 9.17) is 5.11 Å². The molecule has 0 atom stereocenters. The van der Waals surface area contributed by atoms with Crippen molar-refractivity contribution in [2.24, 2.45) is 0 Å². The summed E-state index contributed by atoms with van der Waals surface area (Å²) in [5.41, 5.74) is 1.07. The Morgan fingerprint density at radius 1 is 1.17 bits per heavy atom.